The highest BCUT2D eigenvalue weighted by Gasteiger charge is 2.21. The Labute approximate surface area is 237 Å². The van der Waals surface area contributed by atoms with Crippen LogP contribution in [0.5, 0.6) is 5.75 Å². The first kappa shape index (κ1) is 27.6. The van der Waals surface area contributed by atoms with Gasteiger partial charge in [0.15, 0.2) is 0 Å². The highest BCUT2D eigenvalue weighted by Crippen LogP contribution is 2.34. The Bertz CT molecular complexity index is 1700. The minimum Gasteiger partial charge on any atom is -0.489 e. The van der Waals surface area contributed by atoms with Gasteiger partial charge in [0.05, 0.1) is 5.56 Å². The lowest BCUT2D eigenvalue weighted by atomic mass is 9.99. The van der Waals surface area contributed by atoms with Gasteiger partial charge in [-0.2, -0.15) is 0 Å². The zero-order valence-electron chi connectivity index (χ0n) is 22.8. The summed E-state index contributed by atoms with van der Waals surface area (Å²) >= 11 is 0. The van der Waals surface area contributed by atoms with Crippen molar-refractivity contribution in [1.82, 2.24) is 10.3 Å². The third-order valence-electron chi connectivity index (χ3n) is 6.54. The summed E-state index contributed by atoms with van der Waals surface area (Å²) in [7, 11) is 0. The van der Waals surface area contributed by atoms with Crippen molar-refractivity contribution in [2.75, 3.05) is 6.54 Å². The Balaban J connectivity index is 1.48. The number of pyridine rings is 1. The van der Waals surface area contributed by atoms with E-state index in [9.17, 15) is 14.0 Å². The molecule has 41 heavy (non-hydrogen) atoms. The molecular formula is C33H30FN3O4. The number of carbonyl (C=O) groups excluding carboxylic acids is 2. The van der Waals surface area contributed by atoms with Crippen molar-refractivity contribution in [2.24, 2.45) is 11.7 Å². The molecule has 0 fully saturated rings. The smallest absolute Gasteiger partial charge is 0.253 e. The molecule has 2 amide bonds. The zero-order chi connectivity index (χ0) is 28.9. The average molecular weight is 552 g/mol. The molecule has 0 bridgehead atoms. The van der Waals surface area contributed by atoms with E-state index in [2.05, 4.69) is 10.3 Å². The van der Waals surface area contributed by atoms with Gasteiger partial charge in [0.25, 0.3) is 11.8 Å². The summed E-state index contributed by atoms with van der Waals surface area (Å²) in [5, 5.41) is 3.53. The Morgan fingerprint density at radius 3 is 2.51 bits per heavy atom. The molecule has 7 nitrogen and oxygen atoms in total. The Morgan fingerprint density at radius 1 is 1.00 bits per heavy atom. The number of hydrogen-bond donors (Lipinski definition) is 2. The second kappa shape index (κ2) is 12.0. The van der Waals surface area contributed by atoms with E-state index in [0.717, 1.165) is 16.7 Å². The van der Waals surface area contributed by atoms with Gasteiger partial charge in [-0.1, -0.05) is 26.0 Å². The first-order chi connectivity index (χ1) is 19.8. The SMILES string of the molecule is CC(C)CNC(=O)c1cc(Cc2ccc3oc(-c4ccc(F)cc4)c(C(N)=O)c3c2)cc(OCc2cccnc2)c1. The fourth-order valence-electron chi connectivity index (χ4n) is 4.57. The molecule has 208 valence electrons. The average Bonchev–Trinajstić information content (AvgIpc) is 3.35. The van der Waals surface area contributed by atoms with Crippen LogP contribution in [-0.4, -0.2) is 23.3 Å². The molecule has 0 radical (unpaired) electrons. The molecule has 3 N–H and O–H groups in total. The molecule has 0 saturated heterocycles. The summed E-state index contributed by atoms with van der Waals surface area (Å²) in [6, 6.07) is 20.5. The second-order valence-corrected chi connectivity index (χ2v) is 10.3. The molecule has 0 aliphatic carbocycles. The molecule has 0 aliphatic heterocycles. The summed E-state index contributed by atoms with van der Waals surface area (Å²) in [4.78, 5) is 29.6. The van der Waals surface area contributed by atoms with Gasteiger partial charge in [0, 0.05) is 41.0 Å². The minimum atomic E-state index is -0.643. The molecule has 0 spiro atoms. The molecule has 0 saturated carbocycles. The highest BCUT2D eigenvalue weighted by atomic mass is 19.1. The van der Waals surface area contributed by atoms with Gasteiger partial charge in [-0.3, -0.25) is 14.6 Å². The van der Waals surface area contributed by atoms with Gasteiger partial charge in [0.1, 0.15) is 29.5 Å². The number of nitrogens with zero attached hydrogens (tertiary/aromatic N) is 1. The summed E-state index contributed by atoms with van der Waals surface area (Å²) in [6.07, 6.45) is 3.89. The van der Waals surface area contributed by atoms with Gasteiger partial charge >= 0.3 is 0 Å². The number of halogens is 1. The normalized spacial score (nSPS) is 11.1. The van der Waals surface area contributed by atoms with Crippen LogP contribution in [0.3, 0.4) is 0 Å². The van der Waals surface area contributed by atoms with Crippen LogP contribution < -0.4 is 15.8 Å². The van der Waals surface area contributed by atoms with E-state index < -0.39 is 11.7 Å². The first-order valence-corrected chi connectivity index (χ1v) is 13.3. The maximum Gasteiger partial charge on any atom is 0.253 e. The second-order valence-electron chi connectivity index (χ2n) is 10.3. The highest BCUT2D eigenvalue weighted by molar-refractivity contribution is 6.10. The molecule has 5 aromatic rings. The van der Waals surface area contributed by atoms with Crippen molar-refractivity contribution in [3.8, 4) is 17.1 Å². The van der Waals surface area contributed by atoms with Crippen LogP contribution in [0.15, 0.2) is 89.6 Å². The maximum absolute atomic E-state index is 13.5. The summed E-state index contributed by atoms with van der Waals surface area (Å²) < 4.78 is 25.5. The van der Waals surface area contributed by atoms with Gasteiger partial charge < -0.3 is 20.2 Å². The molecule has 3 aromatic carbocycles. The fraction of sp³-hybridized carbons (Fsp3) is 0.182. The van der Waals surface area contributed by atoms with Crippen molar-refractivity contribution < 1.29 is 23.1 Å². The number of rotatable bonds is 10. The number of hydrogen-bond acceptors (Lipinski definition) is 5. The number of aromatic nitrogens is 1. The minimum absolute atomic E-state index is 0.183. The lowest BCUT2D eigenvalue weighted by Gasteiger charge is -2.13. The number of benzene rings is 3. The largest absolute Gasteiger partial charge is 0.489 e. The van der Waals surface area contributed by atoms with Gasteiger partial charge in [0.2, 0.25) is 0 Å². The van der Waals surface area contributed by atoms with E-state index in [0.29, 0.717) is 59.1 Å². The van der Waals surface area contributed by atoms with Gasteiger partial charge in [-0.25, -0.2) is 4.39 Å². The van der Waals surface area contributed by atoms with E-state index >= 15 is 0 Å². The topological polar surface area (TPSA) is 107 Å². The van der Waals surface area contributed by atoms with Crippen molar-refractivity contribution in [2.45, 2.75) is 26.9 Å². The Kier molecular flexibility index (Phi) is 8.10. The van der Waals surface area contributed by atoms with Crippen molar-refractivity contribution in [1.29, 1.82) is 0 Å². The molecule has 0 unspecified atom stereocenters. The van der Waals surface area contributed by atoms with E-state index in [1.165, 1.54) is 12.1 Å². The number of nitrogens with two attached hydrogens (primary N) is 1. The van der Waals surface area contributed by atoms with Crippen LogP contribution >= 0.6 is 0 Å². The molecule has 2 aromatic heterocycles. The summed E-state index contributed by atoms with van der Waals surface area (Å²) in [5.74, 6) is -0.0605. The zero-order valence-corrected chi connectivity index (χ0v) is 22.8. The van der Waals surface area contributed by atoms with Crippen molar-refractivity contribution >= 4 is 22.8 Å². The van der Waals surface area contributed by atoms with Crippen LogP contribution in [0.25, 0.3) is 22.3 Å². The summed E-state index contributed by atoms with van der Waals surface area (Å²) in [6.45, 7) is 4.93. The van der Waals surface area contributed by atoms with E-state index in [4.69, 9.17) is 14.9 Å². The molecule has 8 heteroatoms. The maximum atomic E-state index is 13.5. The number of fused-ring (bicyclic) bond motifs is 1. The first-order valence-electron chi connectivity index (χ1n) is 13.3. The Hall–Kier alpha value is -4.98. The predicted molar refractivity (Wildman–Crippen MR) is 155 cm³/mol. The van der Waals surface area contributed by atoms with Crippen LogP contribution in [0.4, 0.5) is 4.39 Å². The van der Waals surface area contributed by atoms with Crippen molar-refractivity contribution in [3.05, 3.63) is 119 Å². The van der Waals surface area contributed by atoms with Gasteiger partial charge in [-0.15, -0.1) is 0 Å². The molecule has 5 rings (SSSR count). The number of amides is 2. The van der Waals surface area contributed by atoms with Gasteiger partial charge in [-0.05, 0) is 84.1 Å². The number of furan rings is 1. The number of nitrogens with one attached hydrogen (secondary N) is 1. The number of primary amides is 1. The lowest BCUT2D eigenvalue weighted by Crippen LogP contribution is -2.27. The fourth-order valence-corrected chi connectivity index (χ4v) is 4.57. The number of carbonyl (C=O) groups is 2. The van der Waals surface area contributed by atoms with Crippen molar-refractivity contribution in [3.63, 3.8) is 0 Å². The third kappa shape index (κ3) is 6.61. The van der Waals surface area contributed by atoms with Crippen LogP contribution in [0, 0.1) is 11.7 Å². The monoisotopic (exact) mass is 551 g/mol. The van der Waals surface area contributed by atoms with E-state index in [-0.39, 0.29) is 11.5 Å². The Morgan fingerprint density at radius 2 is 1.80 bits per heavy atom. The summed E-state index contributed by atoms with van der Waals surface area (Å²) in [5.41, 5.74) is 10.2. The standard InChI is InChI=1S/C33H30FN3O4/c1-20(2)17-37-33(39)25-13-23(14-27(16-25)40-19-22-4-3-11-36-18-22)12-21-5-10-29-28(15-21)30(32(35)38)31(41-29)24-6-8-26(34)9-7-24/h3-11,13-16,18,20H,12,17,19H2,1-2H3,(H2,35,38)(H,37,39). The molecule has 2 heterocycles. The molecule has 0 atom stereocenters. The van der Waals surface area contributed by atoms with Crippen LogP contribution in [0.2, 0.25) is 0 Å². The molecular weight excluding hydrogens is 521 g/mol. The lowest BCUT2D eigenvalue weighted by molar-refractivity contribution is 0.0947. The van der Waals surface area contributed by atoms with E-state index in [1.54, 1.807) is 36.7 Å². The van der Waals surface area contributed by atoms with E-state index in [1.807, 2.05) is 50.2 Å². The number of ether oxygens (including phenoxy) is 1. The quantitative estimate of drug-likeness (QED) is 0.212. The molecule has 0 aliphatic rings. The van der Waals surface area contributed by atoms with Crippen LogP contribution in [0.1, 0.15) is 51.3 Å². The predicted octanol–water partition coefficient (Wildman–Crippen LogP) is 6.29. The van der Waals surface area contributed by atoms with Crippen LogP contribution in [-0.2, 0) is 13.0 Å². The third-order valence-corrected chi connectivity index (χ3v) is 6.54.